The van der Waals surface area contributed by atoms with Gasteiger partial charge >= 0.3 is 0 Å². The highest BCUT2D eigenvalue weighted by Gasteiger charge is 2.19. The average Bonchev–Trinajstić information content (AvgIpc) is 2.38. The maximum Gasteiger partial charge on any atom is 0.188 e. The first-order valence-electron chi connectivity index (χ1n) is 7.42. The van der Waals surface area contributed by atoms with Crippen LogP contribution in [0.4, 0.5) is 0 Å². The topological polar surface area (TPSA) is 59.6 Å². The third-order valence-corrected chi connectivity index (χ3v) is 4.07. The van der Waals surface area contributed by atoms with Crippen molar-refractivity contribution in [1.29, 1.82) is 0 Å². The Morgan fingerprint density at radius 3 is 2.68 bits per heavy atom. The number of nitrogens with zero attached hydrogens (tertiary/aromatic N) is 1. The minimum atomic E-state index is 0. The molecule has 2 fully saturated rings. The monoisotopic (exact) mass is 381 g/mol. The first-order valence-corrected chi connectivity index (χ1v) is 7.42. The number of nitrogens with two attached hydrogens (primary N) is 1. The van der Waals surface area contributed by atoms with Crippen molar-refractivity contribution < 1.29 is 4.74 Å². The van der Waals surface area contributed by atoms with E-state index in [1.54, 1.807) is 0 Å². The molecule has 2 atom stereocenters. The summed E-state index contributed by atoms with van der Waals surface area (Å²) in [7, 11) is 0. The molecule has 0 amide bonds. The van der Waals surface area contributed by atoms with E-state index in [-0.39, 0.29) is 24.0 Å². The van der Waals surface area contributed by atoms with Crippen LogP contribution in [0.5, 0.6) is 0 Å². The van der Waals surface area contributed by atoms with Crippen molar-refractivity contribution in [2.24, 2.45) is 16.6 Å². The van der Waals surface area contributed by atoms with Gasteiger partial charge in [-0.05, 0) is 38.5 Å². The van der Waals surface area contributed by atoms with E-state index >= 15 is 0 Å². The molecule has 2 unspecified atom stereocenters. The first-order chi connectivity index (χ1) is 8.74. The van der Waals surface area contributed by atoms with Crippen LogP contribution in [0, 0.1) is 5.92 Å². The molecule has 0 spiro atoms. The molecule has 1 heterocycles. The standard InChI is InChI=1S/C14H27N3O.HI/c1-11-9-12(7-8-18-11)10-16-14(15)17-13-5-3-2-4-6-13;/h11-13H,2-10H2,1H3,(H3,15,16,17);1H. The first kappa shape index (κ1) is 17.0. The zero-order chi connectivity index (χ0) is 12.8. The lowest BCUT2D eigenvalue weighted by Crippen LogP contribution is -2.41. The van der Waals surface area contributed by atoms with Crippen LogP contribution >= 0.6 is 24.0 Å². The van der Waals surface area contributed by atoms with Crippen molar-refractivity contribution in [3.05, 3.63) is 0 Å². The van der Waals surface area contributed by atoms with Crippen molar-refractivity contribution in [1.82, 2.24) is 5.32 Å². The van der Waals surface area contributed by atoms with Crippen LogP contribution in [0.3, 0.4) is 0 Å². The predicted octanol–water partition coefficient (Wildman–Crippen LogP) is 2.66. The molecule has 3 N–H and O–H groups in total. The van der Waals surface area contributed by atoms with Crippen LogP contribution in [-0.2, 0) is 4.74 Å². The van der Waals surface area contributed by atoms with E-state index in [4.69, 9.17) is 10.5 Å². The SMILES string of the molecule is CC1CC(CN=C(N)NC2CCCCC2)CCO1.I. The van der Waals surface area contributed by atoms with E-state index in [9.17, 15) is 0 Å². The van der Waals surface area contributed by atoms with E-state index in [0.717, 1.165) is 26.0 Å². The van der Waals surface area contributed by atoms with Gasteiger partial charge in [-0.1, -0.05) is 19.3 Å². The molecule has 5 heteroatoms. The zero-order valence-electron chi connectivity index (χ0n) is 11.9. The lowest BCUT2D eigenvalue weighted by molar-refractivity contribution is 0.00480. The van der Waals surface area contributed by atoms with Crippen molar-refractivity contribution in [2.75, 3.05) is 13.2 Å². The minimum Gasteiger partial charge on any atom is -0.378 e. The van der Waals surface area contributed by atoms with Crippen LogP contribution in [-0.4, -0.2) is 31.3 Å². The minimum absolute atomic E-state index is 0. The largest absolute Gasteiger partial charge is 0.378 e. The Morgan fingerprint density at radius 2 is 2.00 bits per heavy atom. The third-order valence-electron chi connectivity index (χ3n) is 4.07. The molecule has 1 saturated carbocycles. The lowest BCUT2D eigenvalue weighted by Gasteiger charge is -2.26. The Bertz CT molecular complexity index is 280. The third kappa shape index (κ3) is 6.29. The summed E-state index contributed by atoms with van der Waals surface area (Å²) in [4.78, 5) is 4.50. The lowest BCUT2D eigenvalue weighted by atomic mass is 9.95. The molecule has 0 aromatic carbocycles. The quantitative estimate of drug-likeness (QED) is 0.449. The fourth-order valence-electron chi connectivity index (χ4n) is 2.99. The molecule has 0 aromatic heterocycles. The van der Waals surface area contributed by atoms with Crippen molar-refractivity contribution in [3.63, 3.8) is 0 Å². The van der Waals surface area contributed by atoms with Gasteiger partial charge in [-0.2, -0.15) is 0 Å². The van der Waals surface area contributed by atoms with Gasteiger partial charge in [-0.3, -0.25) is 4.99 Å². The summed E-state index contributed by atoms with van der Waals surface area (Å²) in [6.07, 6.45) is 9.10. The fourth-order valence-corrected chi connectivity index (χ4v) is 2.99. The summed E-state index contributed by atoms with van der Waals surface area (Å²) in [6.45, 7) is 3.86. The number of ether oxygens (including phenoxy) is 1. The van der Waals surface area contributed by atoms with Crippen LogP contribution in [0.2, 0.25) is 0 Å². The second-order valence-corrected chi connectivity index (χ2v) is 5.78. The summed E-state index contributed by atoms with van der Waals surface area (Å²) < 4.78 is 5.54. The van der Waals surface area contributed by atoms with E-state index in [1.807, 2.05) is 0 Å². The van der Waals surface area contributed by atoms with Gasteiger partial charge in [0.15, 0.2) is 5.96 Å². The fraction of sp³-hybridized carbons (Fsp3) is 0.929. The molecule has 2 rings (SSSR count). The zero-order valence-corrected chi connectivity index (χ0v) is 14.3. The summed E-state index contributed by atoms with van der Waals surface area (Å²) in [5.41, 5.74) is 5.96. The highest BCUT2D eigenvalue weighted by atomic mass is 127. The normalized spacial score (nSPS) is 29.6. The van der Waals surface area contributed by atoms with Gasteiger partial charge < -0.3 is 15.8 Å². The number of hydrogen-bond donors (Lipinski definition) is 2. The Kier molecular flexibility index (Phi) is 8.06. The molecule has 112 valence electrons. The molecular weight excluding hydrogens is 353 g/mol. The molecule has 0 radical (unpaired) electrons. The second-order valence-electron chi connectivity index (χ2n) is 5.78. The van der Waals surface area contributed by atoms with Gasteiger partial charge in [0.2, 0.25) is 0 Å². The summed E-state index contributed by atoms with van der Waals surface area (Å²) in [5.74, 6) is 1.28. The Morgan fingerprint density at radius 1 is 1.26 bits per heavy atom. The summed E-state index contributed by atoms with van der Waals surface area (Å²) in [6, 6.07) is 0.552. The van der Waals surface area contributed by atoms with Crippen LogP contribution < -0.4 is 11.1 Å². The maximum absolute atomic E-state index is 5.96. The van der Waals surface area contributed by atoms with Crippen LogP contribution in [0.25, 0.3) is 0 Å². The number of hydrogen-bond acceptors (Lipinski definition) is 2. The average molecular weight is 381 g/mol. The molecule has 19 heavy (non-hydrogen) atoms. The molecule has 1 aliphatic heterocycles. The Labute approximate surface area is 134 Å². The molecule has 4 nitrogen and oxygen atoms in total. The van der Waals surface area contributed by atoms with Gasteiger partial charge in [0.05, 0.1) is 6.10 Å². The Balaban J connectivity index is 0.00000180. The van der Waals surface area contributed by atoms with Gasteiger partial charge in [0.25, 0.3) is 0 Å². The van der Waals surface area contributed by atoms with Gasteiger partial charge in [-0.25, -0.2) is 0 Å². The van der Waals surface area contributed by atoms with Crippen LogP contribution in [0.1, 0.15) is 51.9 Å². The van der Waals surface area contributed by atoms with Crippen molar-refractivity contribution in [3.8, 4) is 0 Å². The van der Waals surface area contributed by atoms with E-state index < -0.39 is 0 Å². The smallest absolute Gasteiger partial charge is 0.188 e. The molecule has 2 aliphatic rings. The number of nitrogens with one attached hydrogen (secondary N) is 1. The van der Waals surface area contributed by atoms with Gasteiger partial charge in [-0.15, -0.1) is 24.0 Å². The molecule has 1 saturated heterocycles. The molecule has 0 aromatic rings. The highest BCUT2D eigenvalue weighted by molar-refractivity contribution is 14.0. The van der Waals surface area contributed by atoms with Crippen molar-refractivity contribution in [2.45, 2.75) is 64.0 Å². The summed E-state index contributed by atoms with van der Waals surface area (Å²) in [5, 5.41) is 3.37. The molecule has 0 bridgehead atoms. The predicted molar refractivity (Wildman–Crippen MR) is 90.1 cm³/mol. The van der Waals surface area contributed by atoms with Crippen LogP contribution in [0.15, 0.2) is 4.99 Å². The highest BCUT2D eigenvalue weighted by Crippen LogP contribution is 2.20. The van der Waals surface area contributed by atoms with E-state index in [2.05, 4.69) is 17.2 Å². The van der Waals surface area contributed by atoms with Gasteiger partial charge in [0.1, 0.15) is 0 Å². The number of halogens is 1. The second kappa shape index (κ2) is 9.00. The molecule has 1 aliphatic carbocycles. The summed E-state index contributed by atoms with van der Waals surface area (Å²) >= 11 is 0. The molecular formula is C14H28IN3O. The maximum atomic E-state index is 5.96. The van der Waals surface area contributed by atoms with E-state index in [1.165, 1.54) is 32.1 Å². The number of guanidine groups is 1. The van der Waals surface area contributed by atoms with Crippen molar-refractivity contribution >= 4 is 29.9 Å². The van der Waals surface area contributed by atoms with E-state index in [0.29, 0.717) is 24.0 Å². The number of rotatable bonds is 3. The number of aliphatic imine (C=N–C) groups is 1. The van der Waals surface area contributed by atoms with Gasteiger partial charge in [0, 0.05) is 19.2 Å². The Hall–Kier alpha value is -0.0400.